The van der Waals surface area contributed by atoms with E-state index in [1.54, 1.807) is 32.9 Å². The fourth-order valence-electron chi connectivity index (χ4n) is 3.99. The number of primary amides is 1. The topological polar surface area (TPSA) is 131 Å². The van der Waals surface area contributed by atoms with E-state index in [9.17, 15) is 19.2 Å². The molecule has 208 valence electrons. The number of carbonyl (C=O) groups excluding carboxylic acids is 4. The minimum absolute atomic E-state index is 0.0287. The molecule has 0 aliphatic rings. The lowest BCUT2D eigenvalue weighted by Gasteiger charge is -2.45. The van der Waals surface area contributed by atoms with Crippen molar-refractivity contribution < 1.29 is 23.9 Å². The van der Waals surface area contributed by atoms with E-state index in [-0.39, 0.29) is 24.8 Å². The molecule has 0 aliphatic carbocycles. The van der Waals surface area contributed by atoms with E-state index >= 15 is 0 Å². The zero-order valence-corrected chi connectivity index (χ0v) is 23.7. The lowest BCUT2D eigenvalue weighted by Crippen LogP contribution is -2.59. The highest BCUT2D eigenvalue weighted by Gasteiger charge is 2.43. The molecule has 37 heavy (non-hydrogen) atoms. The molecule has 4 amide bonds. The normalized spacial score (nSPS) is 14.2. The summed E-state index contributed by atoms with van der Waals surface area (Å²) in [7, 11) is 0. The summed E-state index contributed by atoms with van der Waals surface area (Å²) in [6.07, 6.45) is 1.29. The Morgan fingerprint density at radius 3 is 2.05 bits per heavy atom. The first-order valence-electron chi connectivity index (χ1n) is 13.1. The third-order valence-corrected chi connectivity index (χ3v) is 6.16. The summed E-state index contributed by atoms with van der Waals surface area (Å²) < 4.78 is 5.37. The molecule has 9 heteroatoms. The smallest absolute Gasteiger partial charge is 0.408 e. The van der Waals surface area contributed by atoms with Crippen molar-refractivity contribution in [1.29, 1.82) is 0 Å². The number of benzene rings is 1. The molecule has 0 spiro atoms. The quantitative estimate of drug-likeness (QED) is 0.360. The molecule has 1 rings (SSSR count). The van der Waals surface area contributed by atoms with Gasteiger partial charge in [-0.25, -0.2) is 4.79 Å². The van der Waals surface area contributed by atoms with Gasteiger partial charge in [-0.15, -0.1) is 0 Å². The summed E-state index contributed by atoms with van der Waals surface area (Å²) in [6, 6.07) is 6.92. The molecule has 0 saturated carbocycles. The van der Waals surface area contributed by atoms with Crippen molar-refractivity contribution in [3.05, 3.63) is 35.9 Å². The molecule has 0 radical (unpaired) electrons. The number of amides is 4. The number of ether oxygens (including phenoxy) is 1. The van der Waals surface area contributed by atoms with Gasteiger partial charge in [0, 0.05) is 18.0 Å². The van der Waals surface area contributed by atoms with Gasteiger partial charge in [0.15, 0.2) is 0 Å². The highest BCUT2D eigenvalue weighted by atomic mass is 16.6. The van der Waals surface area contributed by atoms with E-state index in [0.29, 0.717) is 12.0 Å². The fourth-order valence-corrected chi connectivity index (χ4v) is 3.99. The van der Waals surface area contributed by atoms with Crippen molar-refractivity contribution in [1.82, 2.24) is 15.5 Å². The average Bonchev–Trinajstić information content (AvgIpc) is 2.78. The first-order chi connectivity index (χ1) is 17.1. The molecule has 3 atom stereocenters. The van der Waals surface area contributed by atoms with Crippen LogP contribution in [0.5, 0.6) is 0 Å². The molecule has 9 nitrogen and oxygen atoms in total. The van der Waals surface area contributed by atoms with Crippen LogP contribution in [0.3, 0.4) is 0 Å². The SMILES string of the molecule is CCCC(C)NC(=O)C(c1ccccc1)N(C(=O)C(CCC(N)=O)NC(=O)OC(C)(C)C)C(C)(C)CC. The van der Waals surface area contributed by atoms with E-state index in [0.717, 1.165) is 12.8 Å². The fraction of sp³-hybridized carbons (Fsp3) is 0.643. The van der Waals surface area contributed by atoms with Crippen LogP contribution in [0.4, 0.5) is 4.79 Å². The van der Waals surface area contributed by atoms with Crippen molar-refractivity contribution in [3.63, 3.8) is 0 Å². The van der Waals surface area contributed by atoms with Crippen LogP contribution in [-0.4, -0.2) is 51.9 Å². The zero-order chi connectivity index (χ0) is 28.4. The number of nitrogens with one attached hydrogen (secondary N) is 2. The van der Waals surface area contributed by atoms with E-state index in [1.165, 1.54) is 4.90 Å². The largest absolute Gasteiger partial charge is 0.444 e. The number of hydrogen-bond acceptors (Lipinski definition) is 5. The van der Waals surface area contributed by atoms with Crippen LogP contribution < -0.4 is 16.4 Å². The molecule has 0 aliphatic heterocycles. The predicted molar refractivity (Wildman–Crippen MR) is 144 cm³/mol. The van der Waals surface area contributed by atoms with Crippen LogP contribution in [0.15, 0.2) is 30.3 Å². The molecule has 0 aromatic heterocycles. The molecule has 1 aromatic carbocycles. The summed E-state index contributed by atoms with van der Waals surface area (Å²) >= 11 is 0. The third kappa shape index (κ3) is 10.4. The van der Waals surface area contributed by atoms with Crippen LogP contribution >= 0.6 is 0 Å². The Kier molecular flexibility index (Phi) is 12.1. The van der Waals surface area contributed by atoms with Crippen LogP contribution in [0, 0.1) is 0 Å². The Bertz CT molecular complexity index is 911. The van der Waals surface area contributed by atoms with Crippen molar-refractivity contribution in [2.45, 2.75) is 117 Å². The molecule has 0 bridgehead atoms. The summed E-state index contributed by atoms with van der Waals surface area (Å²) in [5.41, 5.74) is 4.45. The van der Waals surface area contributed by atoms with E-state index in [1.807, 2.05) is 52.8 Å². The molecular formula is C28H46N4O5. The number of nitrogens with zero attached hydrogens (tertiary/aromatic N) is 1. The van der Waals surface area contributed by atoms with E-state index in [4.69, 9.17) is 10.5 Å². The average molecular weight is 519 g/mol. The van der Waals surface area contributed by atoms with Gasteiger partial charge in [-0.05, 0) is 66.4 Å². The standard InChI is InChI=1S/C28H46N4O5/c1-9-14-19(3)30-24(34)23(20-15-12-11-13-16-20)32(28(7,8)10-2)25(35)21(17-18-22(29)33)31-26(36)37-27(4,5)6/h11-13,15-16,19,21,23H,9-10,14,17-18H2,1-8H3,(H2,29,33)(H,30,34)(H,31,36). The lowest BCUT2D eigenvalue weighted by molar-refractivity contribution is -0.149. The van der Waals surface area contributed by atoms with Gasteiger partial charge in [0.1, 0.15) is 17.7 Å². The van der Waals surface area contributed by atoms with Crippen LogP contribution in [0.1, 0.15) is 99.1 Å². The summed E-state index contributed by atoms with van der Waals surface area (Å²) in [5.74, 6) is -1.41. The maximum absolute atomic E-state index is 14.2. The van der Waals surface area contributed by atoms with Crippen molar-refractivity contribution >= 4 is 23.8 Å². The predicted octanol–water partition coefficient (Wildman–Crippen LogP) is 4.21. The van der Waals surface area contributed by atoms with Gasteiger partial charge in [0.25, 0.3) is 0 Å². The number of carbonyl (C=O) groups is 4. The van der Waals surface area contributed by atoms with Gasteiger partial charge >= 0.3 is 6.09 Å². The number of nitrogens with two attached hydrogens (primary N) is 1. The summed E-state index contributed by atoms with van der Waals surface area (Å²) in [5, 5.41) is 5.67. The molecule has 0 saturated heterocycles. The summed E-state index contributed by atoms with van der Waals surface area (Å²) in [6.45, 7) is 14.8. The second kappa shape index (κ2) is 14.0. The second-order valence-electron chi connectivity index (χ2n) is 11.1. The molecule has 1 aromatic rings. The number of hydrogen-bond donors (Lipinski definition) is 3. The highest BCUT2D eigenvalue weighted by Crippen LogP contribution is 2.32. The van der Waals surface area contributed by atoms with Crippen LogP contribution in [-0.2, 0) is 19.1 Å². The van der Waals surface area contributed by atoms with Gasteiger partial charge in [-0.2, -0.15) is 0 Å². The minimum atomic E-state index is -1.12. The Morgan fingerprint density at radius 2 is 1.57 bits per heavy atom. The Labute approximate surface area is 221 Å². The molecular weight excluding hydrogens is 472 g/mol. The zero-order valence-electron chi connectivity index (χ0n) is 23.7. The van der Waals surface area contributed by atoms with Gasteiger partial charge in [-0.1, -0.05) is 50.6 Å². The van der Waals surface area contributed by atoms with Crippen molar-refractivity contribution in [2.75, 3.05) is 0 Å². The first kappa shape index (κ1) is 31.9. The van der Waals surface area contributed by atoms with Gasteiger partial charge in [0.2, 0.25) is 17.7 Å². The van der Waals surface area contributed by atoms with Crippen LogP contribution in [0.25, 0.3) is 0 Å². The monoisotopic (exact) mass is 518 g/mol. The Balaban J connectivity index is 3.58. The maximum Gasteiger partial charge on any atom is 0.408 e. The minimum Gasteiger partial charge on any atom is -0.444 e. The summed E-state index contributed by atoms with van der Waals surface area (Å²) in [4.78, 5) is 53.7. The van der Waals surface area contributed by atoms with Crippen molar-refractivity contribution in [2.24, 2.45) is 5.73 Å². The lowest BCUT2D eigenvalue weighted by atomic mass is 9.91. The molecule has 0 heterocycles. The number of rotatable bonds is 13. The van der Waals surface area contributed by atoms with Crippen LogP contribution in [0.2, 0.25) is 0 Å². The molecule has 3 unspecified atom stereocenters. The second-order valence-corrected chi connectivity index (χ2v) is 11.1. The Morgan fingerprint density at radius 1 is 0.973 bits per heavy atom. The first-order valence-corrected chi connectivity index (χ1v) is 13.1. The highest BCUT2D eigenvalue weighted by molar-refractivity contribution is 5.93. The van der Waals surface area contributed by atoms with Gasteiger partial charge in [0.05, 0.1) is 0 Å². The van der Waals surface area contributed by atoms with Gasteiger partial charge < -0.3 is 26.0 Å². The van der Waals surface area contributed by atoms with E-state index < -0.39 is 41.1 Å². The van der Waals surface area contributed by atoms with Gasteiger partial charge in [-0.3, -0.25) is 14.4 Å². The van der Waals surface area contributed by atoms with E-state index in [2.05, 4.69) is 10.6 Å². The Hall–Kier alpha value is -3.10. The third-order valence-electron chi connectivity index (χ3n) is 6.16. The number of alkyl carbamates (subject to hydrolysis) is 1. The maximum atomic E-state index is 14.2. The molecule has 4 N–H and O–H groups in total. The molecule has 0 fully saturated rings. The van der Waals surface area contributed by atoms with Crippen molar-refractivity contribution in [3.8, 4) is 0 Å².